The van der Waals surface area contributed by atoms with Crippen molar-refractivity contribution in [2.75, 3.05) is 6.61 Å². The molecule has 21 heavy (non-hydrogen) atoms. The fraction of sp³-hybridized carbons (Fsp3) is 0.267. The monoisotopic (exact) mass is 284 g/mol. The van der Waals surface area contributed by atoms with E-state index in [-0.39, 0.29) is 0 Å². The van der Waals surface area contributed by atoms with Crippen molar-refractivity contribution in [3.63, 3.8) is 0 Å². The molecule has 0 spiro atoms. The first-order valence-electron chi connectivity index (χ1n) is 6.80. The summed E-state index contributed by atoms with van der Waals surface area (Å²) in [6.45, 7) is 4.87. The molecule has 0 aliphatic carbocycles. The second-order valence-electron chi connectivity index (χ2n) is 5.27. The van der Waals surface area contributed by atoms with Gasteiger partial charge >= 0.3 is 5.69 Å². The van der Waals surface area contributed by atoms with Gasteiger partial charge in [-0.3, -0.25) is 4.98 Å². The summed E-state index contributed by atoms with van der Waals surface area (Å²) < 4.78 is 5.71. The number of nitrogens with one attached hydrogen (secondary N) is 2. The van der Waals surface area contributed by atoms with Gasteiger partial charge in [0.1, 0.15) is 17.1 Å². The maximum atomic E-state index is 11.2. The molecule has 0 radical (unpaired) electrons. The molecule has 108 valence electrons. The van der Waals surface area contributed by atoms with E-state index in [9.17, 15) is 4.79 Å². The first-order chi connectivity index (χ1) is 10.1. The van der Waals surface area contributed by atoms with Crippen LogP contribution in [-0.4, -0.2) is 26.5 Å². The van der Waals surface area contributed by atoms with Gasteiger partial charge in [-0.2, -0.15) is 4.98 Å². The summed E-state index contributed by atoms with van der Waals surface area (Å²) in [6, 6.07) is 7.69. The van der Waals surface area contributed by atoms with E-state index in [4.69, 9.17) is 4.74 Å². The van der Waals surface area contributed by atoms with Crippen LogP contribution in [0.5, 0.6) is 5.75 Å². The van der Waals surface area contributed by atoms with Gasteiger partial charge in [0.05, 0.1) is 12.8 Å². The van der Waals surface area contributed by atoms with Gasteiger partial charge in [0.15, 0.2) is 5.65 Å². The number of fused-ring (bicyclic) bond motifs is 1. The van der Waals surface area contributed by atoms with Crippen LogP contribution in [0, 0.1) is 5.92 Å². The van der Waals surface area contributed by atoms with E-state index in [1.165, 1.54) is 6.20 Å². The van der Waals surface area contributed by atoms with Crippen LogP contribution >= 0.6 is 0 Å². The maximum Gasteiger partial charge on any atom is 0.346 e. The minimum atomic E-state index is -0.408. The first kappa shape index (κ1) is 13.4. The Bertz CT molecular complexity index is 820. The van der Waals surface area contributed by atoms with Crippen molar-refractivity contribution < 1.29 is 4.74 Å². The fourth-order valence-corrected chi connectivity index (χ4v) is 1.96. The lowest BCUT2D eigenvalue weighted by Crippen LogP contribution is -2.08. The molecular formula is C15H16N4O2. The number of hydrogen-bond acceptors (Lipinski definition) is 4. The van der Waals surface area contributed by atoms with E-state index >= 15 is 0 Å². The largest absolute Gasteiger partial charge is 0.493 e. The summed E-state index contributed by atoms with van der Waals surface area (Å²) in [7, 11) is 0. The summed E-state index contributed by atoms with van der Waals surface area (Å²) in [4.78, 5) is 25.0. The summed E-state index contributed by atoms with van der Waals surface area (Å²) >= 11 is 0. The number of H-pyrrole nitrogens is 2. The Hall–Kier alpha value is -2.63. The Morgan fingerprint density at radius 3 is 2.95 bits per heavy atom. The van der Waals surface area contributed by atoms with Crippen molar-refractivity contribution in [1.82, 2.24) is 19.9 Å². The lowest BCUT2D eigenvalue weighted by atomic mass is 10.2. The van der Waals surface area contributed by atoms with E-state index < -0.39 is 5.69 Å². The van der Waals surface area contributed by atoms with Crippen LogP contribution < -0.4 is 10.4 Å². The molecule has 2 aromatic heterocycles. The molecule has 0 bridgehead atoms. The summed E-state index contributed by atoms with van der Waals surface area (Å²) in [5.41, 5.74) is 1.68. The Morgan fingerprint density at radius 1 is 1.29 bits per heavy atom. The van der Waals surface area contributed by atoms with Crippen LogP contribution in [0.2, 0.25) is 0 Å². The van der Waals surface area contributed by atoms with Gasteiger partial charge in [-0.25, -0.2) is 9.78 Å². The second-order valence-corrected chi connectivity index (χ2v) is 5.27. The highest BCUT2D eigenvalue weighted by atomic mass is 16.5. The zero-order valence-corrected chi connectivity index (χ0v) is 11.9. The number of rotatable bonds is 4. The van der Waals surface area contributed by atoms with Crippen LogP contribution in [0.1, 0.15) is 13.8 Å². The highest BCUT2D eigenvalue weighted by Crippen LogP contribution is 2.23. The molecule has 0 unspecified atom stereocenters. The standard InChI is InChI=1S/C15H16N4O2/c1-9(2)8-21-11-5-3-4-10(6-11)13-17-12-7-16-15(20)19-14(12)18-13/h3-7,9H,8H2,1-2H3,(H2,16,17,18,19,20). The molecule has 6 heteroatoms. The Morgan fingerprint density at radius 2 is 2.14 bits per heavy atom. The zero-order chi connectivity index (χ0) is 14.8. The van der Waals surface area contributed by atoms with E-state index in [0.717, 1.165) is 11.3 Å². The maximum absolute atomic E-state index is 11.2. The zero-order valence-electron chi connectivity index (χ0n) is 11.9. The molecule has 6 nitrogen and oxygen atoms in total. The Labute approximate surface area is 121 Å². The number of hydrogen-bond donors (Lipinski definition) is 2. The molecule has 2 heterocycles. The highest BCUT2D eigenvalue weighted by Gasteiger charge is 2.07. The molecule has 3 aromatic rings. The van der Waals surface area contributed by atoms with Crippen LogP contribution in [0.15, 0.2) is 35.3 Å². The van der Waals surface area contributed by atoms with Crippen molar-refractivity contribution in [2.24, 2.45) is 5.92 Å². The average Bonchev–Trinajstić information content (AvgIpc) is 2.88. The van der Waals surface area contributed by atoms with Crippen molar-refractivity contribution in [2.45, 2.75) is 13.8 Å². The SMILES string of the molecule is CC(C)COc1cccc(-c2nc3[nH]c(=O)ncc3[nH]2)c1. The van der Waals surface area contributed by atoms with E-state index in [2.05, 4.69) is 33.8 Å². The van der Waals surface area contributed by atoms with Crippen molar-refractivity contribution in [3.05, 3.63) is 40.9 Å². The van der Waals surface area contributed by atoms with Gasteiger partial charge in [-0.15, -0.1) is 0 Å². The fourth-order valence-electron chi connectivity index (χ4n) is 1.96. The molecule has 0 amide bonds. The van der Waals surface area contributed by atoms with Crippen LogP contribution in [0.3, 0.4) is 0 Å². The van der Waals surface area contributed by atoms with E-state index in [1.807, 2.05) is 24.3 Å². The first-order valence-corrected chi connectivity index (χ1v) is 6.80. The van der Waals surface area contributed by atoms with Gasteiger partial charge < -0.3 is 9.72 Å². The number of aromatic amines is 2. The van der Waals surface area contributed by atoms with Crippen LogP contribution in [0.25, 0.3) is 22.6 Å². The van der Waals surface area contributed by atoms with Gasteiger partial charge in [-0.1, -0.05) is 26.0 Å². The van der Waals surface area contributed by atoms with Gasteiger partial charge in [0.25, 0.3) is 0 Å². The minimum absolute atomic E-state index is 0.408. The lowest BCUT2D eigenvalue weighted by Gasteiger charge is -2.09. The number of aromatic nitrogens is 4. The molecule has 0 fully saturated rings. The predicted octanol–water partition coefficient (Wildman–Crippen LogP) is 2.35. The topological polar surface area (TPSA) is 83.7 Å². The molecule has 1 aromatic carbocycles. The number of ether oxygens (including phenoxy) is 1. The highest BCUT2D eigenvalue weighted by molar-refractivity contribution is 5.75. The Balaban J connectivity index is 1.94. The third-order valence-electron chi connectivity index (χ3n) is 2.96. The minimum Gasteiger partial charge on any atom is -0.493 e. The van der Waals surface area contributed by atoms with Crippen molar-refractivity contribution >= 4 is 11.2 Å². The van der Waals surface area contributed by atoms with Gasteiger partial charge in [0.2, 0.25) is 0 Å². The van der Waals surface area contributed by atoms with Gasteiger partial charge in [0, 0.05) is 5.56 Å². The molecule has 0 atom stereocenters. The van der Waals surface area contributed by atoms with E-state index in [1.54, 1.807) is 0 Å². The molecule has 0 aliphatic rings. The molecule has 0 saturated carbocycles. The molecule has 0 aliphatic heterocycles. The lowest BCUT2D eigenvalue weighted by molar-refractivity contribution is 0.271. The second kappa shape index (κ2) is 5.40. The van der Waals surface area contributed by atoms with Crippen LogP contribution in [0.4, 0.5) is 0 Å². The number of benzene rings is 1. The molecular weight excluding hydrogens is 268 g/mol. The third kappa shape index (κ3) is 2.94. The van der Waals surface area contributed by atoms with Crippen molar-refractivity contribution in [3.8, 4) is 17.1 Å². The average molecular weight is 284 g/mol. The predicted molar refractivity (Wildman–Crippen MR) is 80.3 cm³/mol. The molecule has 2 N–H and O–H groups in total. The normalized spacial score (nSPS) is 11.2. The molecule has 0 saturated heterocycles. The molecule has 3 rings (SSSR count). The summed E-state index contributed by atoms with van der Waals surface area (Å²) in [5.74, 6) is 1.94. The van der Waals surface area contributed by atoms with E-state index in [0.29, 0.717) is 29.5 Å². The third-order valence-corrected chi connectivity index (χ3v) is 2.96. The van der Waals surface area contributed by atoms with Gasteiger partial charge in [-0.05, 0) is 18.1 Å². The summed E-state index contributed by atoms with van der Waals surface area (Å²) in [6.07, 6.45) is 1.48. The summed E-state index contributed by atoms with van der Waals surface area (Å²) in [5, 5.41) is 0. The number of nitrogens with zero attached hydrogens (tertiary/aromatic N) is 2. The van der Waals surface area contributed by atoms with Crippen molar-refractivity contribution in [1.29, 1.82) is 0 Å². The Kier molecular flexibility index (Phi) is 3.43. The van der Waals surface area contributed by atoms with Crippen LogP contribution in [-0.2, 0) is 0 Å². The smallest absolute Gasteiger partial charge is 0.346 e. The number of imidazole rings is 1. The quantitative estimate of drug-likeness (QED) is 0.770.